The zero-order chi connectivity index (χ0) is 13.8. The van der Waals surface area contributed by atoms with E-state index in [2.05, 4.69) is 5.32 Å². The molecule has 0 aromatic carbocycles. The van der Waals surface area contributed by atoms with E-state index in [1.807, 2.05) is 20.8 Å². The highest BCUT2D eigenvalue weighted by Crippen LogP contribution is 2.55. The zero-order valence-corrected chi connectivity index (χ0v) is 12.1. The van der Waals surface area contributed by atoms with Gasteiger partial charge in [-0.1, -0.05) is 0 Å². The lowest BCUT2D eigenvalue weighted by molar-refractivity contribution is -0.138. The number of nitrogens with one attached hydrogen (secondary N) is 1. The predicted octanol–water partition coefficient (Wildman–Crippen LogP) is 2.45. The molecule has 19 heavy (non-hydrogen) atoms. The van der Waals surface area contributed by atoms with E-state index in [-0.39, 0.29) is 12.1 Å². The van der Waals surface area contributed by atoms with Gasteiger partial charge in [0, 0.05) is 6.04 Å². The third-order valence-corrected chi connectivity index (χ3v) is 4.92. The molecule has 2 N–H and O–H groups in total. The SMILES string of the molecule is CC(C)(C)OC(=O)NC1[C@@H]2CC3C[C@H]1CC(O)(C3)C2. The Morgan fingerprint density at radius 1 is 1.21 bits per heavy atom. The Morgan fingerprint density at radius 2 is 1.79 bits per heavy atom. The smallest absolute Gasteiger partial charge is 0.407 e. The molecule has 4 nitrogen and oxygen atoms in total. The van der Waals surface area contributed by atoms with Crippen molar-refractivity contribution in [2.75, 3.05) is 0 Å². The fourth-order valence-corrected chi connectivity index (χ4v) is 4.66. The van der Waals surface area contributed by atoms with Crippen LogP contribution in [0.4, 0.5) is 4.79 Å². The summed E-state index contributed by atoms with van der Waals surface area (Å²) in [6.45, 7) is 5.64. The third kappa shape index (κ3) is 2.60. The van der Waals surface area contributed by atoms with Crippen LogP contribution in [0.15, 0.2) is 0 Å². The normalized spacial score (nSPS) is 44.2. The Morgan fingerprint density at radius 3 is 2.26 bits per heavy atom. The third-order valence-electron chi connectivity index (χ3n) is 4.92. The molecule has 0 aromatic rings. The second-order valence-electron chi connectivity index (χ2n) is 7.87. The maximum absolute atomic E-state index is 11.9. The van der Waals surface area contributed by atoms with Crippen LogP contribution in [0.1, 0.15) is 52.9 Å². The molecular weight excluding hydrogens is 242 g/mol. The largest absolute Gasteiger partial charge is 0.444 e. The molecule has 3 unspecified atom stereocenters. The number of carbonyl (C=O) groups excluding carboxylic acids is 1. The molecule has 4 fully saturated rings. The van der Waals surface area contributed by atoms with Crippen molar-refractivity contribution in [3.8, 4) is 0 Å². The molecule has 0 heterocycles. The highest BCUT2D eigenvalue weighted by molar-refractivity contribution is 5.68. The number of amides is 1. The van der Waals surface area contributed by atoms with E-state index in [1.165, 1.54) is 0 Å². The van der Waals surface area contributed by atoms with E-state index < -0.39 is 11.2 Å². The molecule has 0 spiro atoms. The van der Waals surface area contributed by atoms with Crippen molar-refractivity contribution in [2.24, 2.45) is 17.8 Å². The van der Waals surface area contributed by atoms with Gasteiger partial charge in [-0.05, 0) is 70.6 Å². The van der Waals surface area contributed by atoms with Crippen molar-refractivity contribution in [2.45, 2.75) is 70.1 Å². The second kappa shape index (κ2) is 4.11. The summed E-state index contributed by atoms with van der Waals surface area (Å²) < 4.78 is 5.36. The highest BCUT2D eigenvalue weighted by Gasteiger charge is 2.55. The quantitative estimate of drug-likeness (QED) is 0.767. The molecule has 5 atom stereocenters. The number of aliphatic hydroxyl groups is 1. The summed E-state index contributed by atoms with van der Waals surface area (Å²) >= 11 is 0. The van der Waals surface area contributed by atoms with Gasteiger partial charge in [0.1, 0.15) is 5.60 Å². The predicted molar refractivity (Wildman–Crippen MR) is 71.7 cm³/mol. The summed E-state index contributed by atoms with van der Waals surface area (Å²) in [6, 6.07) is 0.201. The zero-order valence-electron chi connectivity index (χ0n) is 12.1. The van der Waals surface area contributed by atoms with E-state index in [0.717, 1.165) is 32.1 Å². The summed E-state index contributed by atoms with van der Waals surface area (Å²) in [5.74, 6) is 1.53. The van der Waals surface area contributed by atoms with Gasteiger partial charge in [0.05, 0.1) is 5.60 Å². The monoisotopic (exact) mass is 267 g/mol. The Labute approximate surface area is 114 Å². The van der Waals surface area contributed by atoms with Gasteiger partial charge in [-0.25, -0.2) is 4.79 Å². The van der Waals surface area contributed by atoms with Crippen LogP contribution in [-0.2, 0) is 4.74 Å². The van der Waals surface area contributed by atoms with Gasteiger partial charge in [0.15, 0.2) is 0 Å². The first-order valence-electron chi connectivity index (χ1n) is 7.46. The topological polar surface area (TPSA) is 58.6 Å². The van der Waals surface area contributed by atoms with Crippen molar-refractivity contribution < 1.29 is 14.6 Å². The Hall–Kier alpha value is -0.770. The molecule has 1 amide bonds. The molecule has 4 saturated carbocycles. The van der Waals surface area contributed by atoms with Crippen molar-refractivity contribution in [1.29, 1.82) is 0 Å². The summed E-state index contributed by atoms with van der Waals surface area (Å²) in [5.41, 5.74) is -0.892. The average Bonchev–Trinajstić information content (AvgIpc) is 2.18. The highest BCUT2D eigenvalue weighted by atomic mass is 16.6. The van der Waals surface area contributed by atoms with Crippen molar-refractivity contribution in [3.05, 3.63) is 0 Å². The molecule has 0 aromatic heterocycles. The number of carbonyl (C=O) groups is 1. The molecule has 4 bridgehead atoms. The van der Waals surface area contributed by atoms with Crippen LogP contribution in [0.3, 0.4) is 0 Å². The van der Waals surface area contributed by atoms with Gasteiger partial charge >= 0.3 is 6.09 Å². The number of alkyl carbamates (subject to hydrolysis) is 1. The maximum atomic E-state index is 11.9. The minimum Gasteiger partial charge on any atom is -0.444 e. The van der Waals surface area contributed by atoms with Gasteiger partial charge in [0.25, 0.3) is 0 Å². The van der Waals surface area contributed by atoms with Gasteiger partial charge < -0.3 is 15.2 Å². The van der Waals surface area contributed by atoms with Crippen LogP contribution in [0, 0.1) is 17.8 Å². The minimum atomic E-state index is -0.450. The molecule has 0 radical (unpaired) electrons. The lowest BCUT2D eigenvalue weighted by Crippen LogP contribution is -2.61. The molecule has 0 aliphatic heterocycles. The van der Waals surface area contributed by atoms with Crippen LogP contribution < -0.4 is 5.32 Å². The molecule has 4 aliphatic carbocycles. The lowest BCUT2D eigenvalue weighted by Gasteiger charge is -2.57. The maximum Gasteiger partial charge on any atom is 0.407 e. The first-order valence-corrected chi connectivity index (χ1v) is 7.46. The van der Waals surface area contributed by atoms with Crippen molar-refractivity contribution in [3.63, 3.8) is 0 Å². The van der Waals surface area contributed by atoms with Crippen molar-refractivity contribution in [1.82, 2.24) is 5.32 Å². The summed E-state index contributed by atoms with van der Waals surface area (Å²) in [5, 5.41) is 13.6. The summed E-state index contributed by atoms with van der Waals surface area (Å²) in [4.78, 5) is 11.9. The Bertz CT molecular complexity index is 371. The molecule has 4 aliphatic rings. The second-order valence-corrected chi connectivity index (χ2v) is 7.87. The molecule has 0 saturated heterocycles. The Kier molecular flexibility index (Phi) is 2.86. The summed E-state index contributed by atoms with van der Waals surface area (Å²) in [6.07, 6.45) is 4.66. The summed E-state index contributed by atoms with van der Waals surface area (Å²) in [7, 11) is 0. The average molecular weight is 267 g/mol. The van der Waals surface area contributed by atoms with Crippen LogP contribution in [0.25, 0.3) is 0 Å². The lowest BCUT2D eigenvalue weighted by atomic mass is 9.52. The van der Waals surface area contributed by atoms with Gasteiger partial charge in [-0.15, -0.1) is 0 Å². The number of hydrogen-bond acceptors (Lipinski definition) is 3. The molecule has 108 valence electrons. The van der Waals surface area contributed by atoms with Gasteiger partial charge in [-0.3, -0.25) is 0 Å². The van der Waals surface area contributed by atoms with E-state index in [4.69, 9.17) is 4.74 Å². The van der Waals surface area contributed by atoms with Crippen LogP contribution in [0.2, 0.25) is 0 Å². The Balaban J connectivity index is 1.65. The van der Waals surface area contributed by atoms with Crippen LogP contribution in [0.5, 0.6) is 0 Å². The van der Waals surface area contributed by atoms with Gasteiger partial charge in [0.2, 0.25) is 0 Å². The fraction of sp³-hybridized carbons (Fsp3) is 0.933. The first-order chi connectivity index (χ1) is 8.74. The van der Waals surface area contributed by atoms with E-state index in [1.54, 1.807) is 0 Å². The van der Waals surface area contributed by atoms with E-state index >= 15 is 0 Å². The number of rotatable bonds is 1. The molecule has 4 heteroatoms. The van der Waals surface area contributed by atoms with E-state index in [0.29, 0.717) is 17.8 Å². The number of ether oxygens (including phenoxy) is 1. The van der Waals surface area contributed by atoms with Crippen LogP contribution in [-0.4, -0.2) is 28.4 Å². The fourth-order valence-electron chi connectivity index (χ4n) is 4.66. The number of hydrogen-bond donors (Lipinski definition) is 2. The van der Waals surface area contributed by atoms with E-state index in [9.17, 15) is 9.90 Å². The van der Waals surface area contributed by atoms with Gasteiger partial charge in [-0.2, -0.15) is 0 Å². The molecule has 4 rings (SSSR count). The minimum absolute atomic E-state index is 0.201. The standard InChI is InChI=1S/C15H25NO3/c1-14(2,3)19-13(17)16-12-10-4-9-5-11(12)8-15(18,6-9)7-10/h9-12,18H,4-8H2,1-3H3,(H,16,17)/t9?,10-,11+,12?,15?. The first kappa shape index (κ1) is 13.2. The van der Waals surface area contributed by atoms with Crippen molar-refractivity contribution >= 4 is 6.09 Å². The molecular formula is C15H25NO3. The van der Waals surface area contributed by atoms with Crippen LogP contribution >= 0.6 is 0 Å².